The van der Waals surface area contributed by atoms with Crippen molar-refractivity contribution in [2.24, 2.45) is 0 Å². The zero-order chi connectivity index (χ0) is 25.0. The summed E-state index contributed by atoms with van der Waals surface area (Å²) in [6.07, 6.45) is 7.65. The molecular weight excluding hydrogens is 454 g/mol. The fourth-order valence-electron chi connectivity index (χ4n) is 5.45. The van der Waals surface area contributed by atoms with Crippen LogP contribution in [-0.4, -0.2) is 75.1 Å². The van der Waals surface area contributed by atoms with E-state index in [2.05, 4.69) is 26.7 Å². The number of benzene rings is 1. The average molecular weight is 488 g/mol. The van der Waals surface area contributed by atoms with E-state index in [0.717, 1.165) is 30.9 Å². The highest BCUT2D eigenvalue weighted by Gasteiger charge is 2.57. The number of hydrogen-bond acceptors (Lipinski definition) is 5. The molecule has 8 nitrogen and oxygen atoms in total. The molecule has 2 saturated heterocycles. The van der Waals surface area contributed by atoms with Gasteiger partial charge in [-0.25, -0.2) is 4.79 Å². The summed E-state index contributed by atoms with van der Waals surface area (Å²) < 4.78 is 7.39. The second-order valence-corrected chi connectivity index (χ2v) is 9.55. The zero-order valence-electron chi connectivity index (χ0n) is 20.8. The van der Waals surface area contributed by atoms with Crippen LogP contribution in [0.25, 0.3) is 5.69 Å². The Morgan fingerprint density at radius 2 is 1.78 bits per heavy atom. The van der Waals surface area contributed by atoms with Crippen LogP contribution >= 0.6 is 0 Å². The van der Waals surface area contributed by atoms with E-state index in [9.17, 15) is 9.59 Å². The van der Waals surface area contributed by atoms with Crippen LogP contribution in [0.15, 0.2) is 73.2 Å². The van der Waals surface area contributed by atoms with Gasteiger partial charge in [0.05, 0.1) is 18.4 Å². The number of carbonyl (C=O) groups excluding carboxylic acids is 2. The molecule has 2 fully saturated rings. The maximum atomic E-state index is 13.8. The number of urea groups is 1. The summed E-state index contributed by atoms with van der Waals surface area (Å²) >= 11 is 0. The molecule has 0 saturated carbocycles. The van der Waals surface area contributed by atoms with Crippen molar-refractivity contribution in [3.8, 4) is 5.69 Å². The largest absolute Gasteiger partial charge is 0.385 e. The van der Waals surface area contributed by atoms with Gasteiger partial charge in [0.15, 0.2) is 0 Å². The zero-order valence-corrected chi connectivity index (χ0v) is 20.8. The van der Waals surface area contributed by atoms with E-state index in [1.807, 2.05) is 59.6 Å². The molecule has 0 atom stereocenters. The third kappa shape index (κ3) is 4.66. The molecule has 1 spiro atoms. The SMILES string of the molecule is COCCCN1C(=O)N(Cc2ccccc2)C(=O)C12CCN(Cc1cccn1-c1cccnc1)CC2. The molecule has 2 aliphatic heterocycles. The van der Waals surface area contributed by atoms with Crippen LogP contribution in [0.1, 0.15) is 30.5 Å². The highest BCUT2D eigenvalue weighted by Crippen LogP contribution is 2.38. The number of imide groups is 1. The topological polar surface area (TPSA) is 70.9 Å². The molecule has 0 N–H and O–H groups in total. The van der Waals surface area contributed by atoms with Crippen LogP contribution in [-0.2, 0) is 22.6 Å². The predicted octanol–water partition coefficient (Wildman–Crippen LogP) is 3.71. The lowest BCUT2D eigenvalue weighted by Crippen LogP contribution is -2.56. The van der Waals surface area contributed by atoms with Crippen molar-refractivity contribution >= 4 is 11.9 Å². The van der Waals surface area contributed by atoms with Gasteiger partial charge in [-0.2, -0.15) is 0 Å². The Morgan fingerprint density at radius 1 is 0.972 bits per heavy atom. The van der Waals surface area contributed by atoms with Crippen LogP contribution in [0.2, 0.25) is 0 Å². The Hall–Kier alpha value is -3.49. The van der Waals surface area contributed by atoms with Crippen molar-refractivity contribution in [2.45, 2.75) is 37.9 Å². The summed E-state index contributed by atoms with van der Waals surface area (Å²) in [5.74, 6) is -0.0628. The van der Waals surface area contributed by atoms with Gasteiger partial charge in [-0.1, -0.05) is 30.3 Å². The van der Waals surface area contributed by atoms with Crippen LogP contribution in [0.5, 0.6) is 0 Å². The van der Waals surface area contributed by atoms with E-state index in [1.165, 1.54) is 10.6 Å². The predicted molar refractivity (Wildman–Crippen MR) is 136 cm³/mol. The highest BCUT2D eigenvalue weighted by atomic mass is 16.5. The molecule has 3 amide bonds. The molecule has 36 heavy (non-hydrogen) atoms. The van der Waals surface area contributed by atoms with E-state index < -0.39 is 5.54 Å². The first-order valence-electron chi connectivity index (χ1n) is 12.6. The monoisotopic (exact) mass is 487 g/mol. The molecule has 0 radical (unpaired) electrons. The van der Waals surface area contributed by atoms with Gasteiger partial charge in [0.1, 0.15) is 5.54 Å². The number of carbonyl (C=O) groups is 2. The average Bonchev–Trinajstić information content (AvgIpc) is 3.45. The van der Waals surface area contributed by atoms with Gasteiger partial charge in [0, 0.05) is 58.0 Å². The third-order valence-corrected chi connectivity index (χ3v) is 7.36. The Morgan fingerprint density at radius 3 is 2.50 bits per heavy atom. The Balaban J connectivity index is 1.31. The molecule has 2 aliphatic rings. The first-order chi connectivity index (χ1) is 17.6. The molecule has 3 aromatic rings. The van der Waals surface area contributed by atoms with E-state index >= 15 is 0 Å². The summed E-state index contributed by atoms with van der Waals surface area (Å²) in [7, 11) is 1.66. The number of likely N-dealkylation sites (tertiary alicyclic amines) is 1. The lowest BCUT2D eigenvalue weighted by atomic mass is 9.85. The number of nitrogens with zero attached hydrogens (tertiary/aromatic N) is 5. The fraction of sp³-hybridized carbons (Fsp3) is 0.393. The first kappa shape index (κ1) is 24.2. The highest BCUT2D eigenvalue weighted by molar-refractivity contribution is 6.07. The van der Waals surface area contributed by atoms with Crippen LogP contribution in [0.3, 0.4) is 0 Å². The minimum atomic E-state index is -0.776. The minimum Gasteiger partial charge on any atom is -0.385 e. The van der Waals surface area contributed by atoms with Gasteiger partial charge >= 0.3 is 6.03 Å². The third-order valence-electron chi connectivity index (χ3n) is 7.36. The summed E-state index contributed by atoms with van der Waals surface area (Å²) in [5, 5.41) is 0. The smallest absolute Gasteiger partial charge is 0.327 e. The number of amides is 3. The van der Waals surface area contributed by atoms with Gasteiger partial charge in [0.25, 0.3) is 5.91 Å². The van der Waals surface area contributed by atoms with Crippen molar-refractivity contribution in [2.75, 3.05) is 33.4 Å². The van der Waals surface area contributed by atoms with E-state index in [0.29, 0.717) is 39.0 Å². The van der Waals surface area contributed by atoms with Crippen molar-refractivity contribution in [3.05, 3.63) is 84.4 Å². The van der Waals surface area contributed by atoms with Gasteiger partial charge in [-0.05, 0) is 49.1 Å². The molecule has 2 aromatic heterocycles. The minimum absolute atomic E-state index is 0.0628. The first-order valence-corrected chi connectivity index (χ1v) is 12.6. The van der Waals surface area contributed by atoms with E-state index in [4.69, 9.17) is 4.74 Å². The number of methoxy groups -OCH3 is 1. The molecule has 5 rings (SSSR count). The second-order valence-electron chi connectivity index (χ2n) is 9.55. The Bertz CT molecular complexity index is 1170. The summed E-state index contributed by atoms with van der Waals surface area (Å²) in [6, 6.07) is 17.7. The number of ether oxygens (including phenoxy) is 1. The van der Waals surface area contributed by atoms with E-state index in [-0.39, 0.29) is 11.9 Å². The quantitative estimate of drug-likeness (QED) is 0.340. The van der Waals surface area contributed by atoms with Crippen molar-refractivity contribution in [1.82, 2.24) is 24.3 Å². The molecule has 0 aliphatic carbocycles. The van der Waals surface area contributed by atoms with Gasteiger partial charge in [-0.15, -0.1) is 0 Å². The summed E-state index contributed by atoms with van der Waals surface area (Å²) in [5.41, 5.74) is 2.39. The molecule has 8 heteroatoms. The molecule has 4 heterocycles. The fourth-order valence-corrected chi connectivity index (χ4v) is 5.45. The number of aromatic nitrogens is 2. The van der Waals surface area contributed by atoms with Crippen LogP contribution < -0.4 is 0 Å². The molecule has 0 unspecified atom stereocenters. The van der Waals surface area contributed by atoms with Crippen LogP contribution in [0, 0.1) is 0 Å². The molecular formula is C28H33N5O3. The van der Waals surface area contributed by atoms with Crippen molar-refractivity contribution < 1.29 is 14.3 Å². The standard InChI is InChI=1S/C28H33N5O3/c1-36-19-7-16-33-27(35)32(21-23-8-3-2-4-9-23)26(34)28(33)12-17-30(18-13-28)22-25-11-6-15-31(25)24-10-5-14-29-20-24/h2-6,8-11,14-15,20H,7,12-13,16-19,21-22H2,1H3. The molecule has 1 aromatic carbocycles. The van der Waals surface area contributed by atoms with Gasteiger partial charge in [0.2, 0.25) is 0 Å². The Kier molecular flexibility index (Phi) is 7.16. The second kappa shape index (κ2) is 10.6. The summed E-state index contributed by atoms with van der Waals surface area (Å²) in [4.78, 5) is 37.2. The Labute approximate surface area is 212 Å². The number of hydrogen-bond donors (Lipinski definition) is 0. The molecule has 0 bridgehead atoms. The van der Waals surface area contributed by atoms with Crippen molar-refractivity contribution in [3.63, 3.8) is 0 Å². The number of pyridine rings is 1. The maximum absolute atomic E-state index is 13.8. The summed E-state index contributed by atoms with van der Waals surface area (Å²) in [6.45, 7) is 3.66. The number of piperidine rings is 1. The van der Waals surface area contributed by atoms with Gasteiger partial charge in [-0.3, -0.25) is 19.6 Å². The lowest BCUT2D eigenvalue weighted by Gasteiger charge is -2.42. The normalized spacial score (nSPS) is 17.9. The molecule has 188 valence electrons. The van der Waals surface area contributed by atoms with Crippen LogP contribution in [0.4, 0.5) is 4.79 Å². The van der Waals surface area contributed by atoms with Gasteiger partial charge < -0.3 is 14.2 Å². The number of rotatable bonds is 9. The lowest BCUT2D eigenvalue weighted by molar-refractivity contribution is -0.136. The van der Waals surface area contributed by atoms with E-state index in [1.54, 1.807) is 13.3 Å². The van der Waals surface area contributed by atoms with Crippen molar-refractivity contribution in [1.29, 1.82) is 0 Å². The maximum Gasteiger partial charge on any atom is 0.327 e.